The molecule has 1 saturated heterocycles. The number of hydrogen-bond acceptors (Lipinski definition) is 3. The molecule has 1 N–H and O–H groups in total. The Morgan fingerprint density at radius 3 is 3.00 bits per heavy atom. The lowest BCUT2D eigenvalue weighted by Gasteiger charge is -2.26. The highest BCUT2D eigenvalue weighted by Gasteiger charge is 2.21. The summed E-state index contributed by atoms with van der Waals surface area (Å²) in [4.78, 5) is 1.43. The molecule has 1 nitrogen and oxygen atoms in total. The van der Waals surface area contributed by atoms with E-state index in [1.165, 1.54) is 15.1 Å². The van der Waals surface area contributed by atoms with Gasteiger partial charge in [-0.3, -0.25) is 0 Å². The molecule has 4 heteroatoms. The number of thioether (sulfide) groups is 1. The molecule has 0 spiro atoms. The van der Waals surface area contributed by atoms with Crippen LogP contribution in [0.3, 0.4) is 0 Å². The van der Waals surface area contributed by atoms with Crippen molar-refractivity contribution in [3.63, 3.8) is 0 Å². The lowest BCUT2D eigenvalue weighted by Crippen LogP contribution is -2.28. The van der Waals surface area contributed by atoms with Gasteiger partial charge in [0.25, 0.3) is 0 Å². The largest absolute Gasteiger partial charge is 0.301 e. The van der Waals surface area contributed by atoms with Crippen molar-refractivity contribution in [2.75, 3.05) is 6.54 Å². The van der Waals surface area contributed by atoms with Crippen molar-refractivity contribution in [3.8, 4) is 0 Å². The van der Waals surface area contributed by atoms with Crippen LogP contribution >= 0.6 is 39.0 Å². The molecule has 1 aliphatic heterocycles. The predicted molar refractivity (Wildman–Crippen MR) is 64.4 cm³/mol. The van der Waals surface area contributed by atoms with Crippen LogP contribution < -0.4 is 5.32 Å². The molecule has 1 aliphatic rings. The standard InChI is InChI=1S/C9H12BrNS2/c1-6-4-5-11-9(12-6)7-2-3-8(10)13-7/h2-3,6,9,11H,4-5H2,1H3. The van der Waals surface area contributed by atoms with Crippen molar-refractivity contribution in [2.24, 2.45) is 0 Å². The van der Waals surface area contributed by atoms with E-state index >= 15 is 0 Å². The van der Waals surface area contributed by atoms with Crippen molar-refractivity contribution >= 4 is 39.0 Å². The molecule has 0 amide bonds. The third-order valence-corrected chi connectivity index (χ3v) is 5.33. The van der Waals surface area contributed by atoms with Gasteiger partial charge in [0, 0.05) is 10.1 Å². The predicted octanol–water partition coefficient (Wildman–Crippen LogP) is 3.62. The molecule has 2 heterocycles. The van der Waals surface area contributed by atoms with Crippen molar-refractivity contribution < 1.29 is 0 Å². The minimum absolute atomic E-state index is 0.514. The zero-order valence-corrected chi connectivity index (χ0v) is 10.6. The van der Waals surface area contributed by atoms with Gasteiger partial charge in [-0.1, -0.05) is 6.92 Å². The first-order valence-electron chi connectivity index (χ1n) is 4.40. The van der Waals surface area contributed by atoms with E-state index in [-0.39, 0.29) is 0 Å². The molecule has 0 saturated carbocycles. The summed E-state index contributed by atoms with van der Waals surface area (Å²) in [6.07, 6.45) is 1.29. The lowest BCUT2D eigenvalue weighted by atomic mass is 10.3. The normalized spacial score (nSPS) is 29.1. The van der Waals surface area contributed by atoms with Crippen LogP contribution in [0, 0.1) is 0 Å². The van der Waals surface area contributed by atoms with Gasteiger partial charge in [0.15, 0.2) is 0 Å². The smallest absolute Gasteiger partial charge is 0.0885 e. The average molecular weight is 278 g/mol. The van der Waals surface area contributed by atoms with Crippen molar-refractivity contribution in [1.82, 2.24) is 5.32 Å². The molecule has 1 aromatic rings. The first kappa shape index (κ1) is 10.0. The number of halogens is 1. The maximum atomic E-state index is 3.53. The van der Waals surface area contributed by atoms with Gasteiger partial charge in [-0.2, -0.15) is 0 Å². The Kier molecular flexibility index (Phi) is 3.35. The number of rotatable bonds is 1. The molecule has 0 bridgehead atoms. The summed E-state index contributed by atoms with van der Waals surface area (Å²) in [7, 11) is 0. The maximum Gasteiger partial charge on any atom is 0.0885 e. The maximum absolute atomic E-state index is 3.53. The van der Waals surface area contributed by atoms with E-state index in [4.69, 9.17) is 0 Å². The topological polar surface area (TPSA) is 12.0 Å². The molecular weight excluding hydrogens is 266 g/mol. The van der Waals surface area contributed by atoms with E-state index in [0.717, 1.165) is 11.8 Å². The van der Waals surface area contributed by atoms with Crippen LogP contribution in [0.4, 0.5) is 0 Å². The highest BCUT2D eigenvalue weighted by atomic mass is 79.9. The van der Waals surface area contributed by atoms with Crippen LogP contribution in [0.1, 0.15) is 23.6 Å². The van der Waals surface area contributed by atoms with Crippen LogP contribution in [0.25, 0.3) is 0 Å². The molecule has 0 aliphatic carbocycles. The monoisotopic (exact) mass is 277 g/mol. The van der Waals surface area contributed by atoms with Crippen LogP contribution in [0.15, 0.2) is 15.9 Å². The Morgan fingerprint density at radius 2 is 2.38 bits per heavy atom. The summed E-state index contributed by atoms with van der Waals surface area (Å²) in [5, 5.41) is 4.83. The molecule has 0 radical (unpaired) electrons. The number of hydrogen-bond donors (Lipinski definition) is 1. The molecule has 2 unspecified atom stereocenters. The van der Waals surface area contributed by atoms with E-state index in [1.807, 2.05) is 23.1 Å². The third kappa shape index (κ3) is 2.49. The molecule has 1 fully saturated rings. The first-order valence-corrected chi connectivity index (χ1v) is 6.95. The Labute approximate surface area is 95.4 Å². The summed E-state index contributed by atoms with van der Waals surface area (Å²) in [5.74, 6) is 0. The van der Waals surface area contributed by atoms with E-state index in [0.29, 0.717) is 5.37 Å². The fraction of sp³-hybridized carbons (Fsp3) is 0.556. The summed E-state index contributed by atoms with van der Waals surface area (Å²) >= 11 is 7.36. The van der Waals surface area contributed by atoms with Crippen LogP contribution in [-0.4, -0.2) is 11.8 Å². The van der Waals surface area contributed by atoms with Gasteiger partial charge >= 0.3 is 0 Å². The number of thiophene rings is 1. The van der Waals surface area contributed by atoms with Crippen LogP contribution in [0.5, 0.6) is 0 Å². The van der Waals surface area contributed by atoms with Gasteiger partial charge in [-0.15, -0.1) is 23.1 Å². The zero-order chi connectivity index (χ0) is 9.26. The summed E-state index contributed by atoms with van der Waals surface area (Å²) < 4.78 is 1.23. The average Bonchev–Trinajstić information content (AvgIpc) is 2.52. The zero-order valence-electron chi connectivity index (χ0n) is 7.42. The highest BCUT2D eigenvalue weighted by molar-refractivity contribution is 9.11. The van der Waals surface area contributed by atoms with E-state index in [2.05, 4.69) is 40.3 Å². The Hall–Kier alpha value is 0.490. The molecule has 13 heavy (non-hydrogen) atoms. The molecule has 0 aromatic carbocycles. The first-order chi connectivity index (χ1) is 6.25. The van der Waals surface area contributed by atoms with Gasteiger partial charge in [-0.25, -0.2) is 0 Å². The second kappa shape index (κ2) is 4.34. The minimum atomic E-state index is 0.514. The summed E-state index contributed by atoms with van der Waals surface area (Å²) in [6, 6.07) is 4.33. The van der Waals surface area contributed by atoms with E-state index in [1.54, 1.807) is 0 Å². The van der Waals surface area contributed by atoms with Crippen LogP contribution in [-0.2, 0) is 0 Å². The molecule has 72 valence electrons. The Bertz CT molecular complexity index is 287. The van der Waals surface area contributed by atoms with Gasteiger partial charge in [0.2, 0.25) is 0 Å². The lowest BCUT2D eigenvalue weighted by molar-refractivity contribution is 0.610. The summed E-state index contributed by atoms with van der Waals surface area (Å²) in [5.41, 5.74) is 0. The second-order valence-corrected chi connectivity index (χ2v) is 7.25. The Morgan fingerprint density at radius 1 is 1.54 bits per heavy atom. The quantitative estimate of drug-likeness (QED) is 0.842. The van der Waals surface area contributed by atoms with E-state index in [9.17, 15) is 0 Å². The van der Waals surface area contributed by atoms with Crippen LogP contribution in [0.2, 0.25) is 0 Å². The summed E-state index contributed by atoms with van der Waals surface area (Å²) in [6.45, 7) is 3.45. The van der Waals surface area contributed by atoms with Gasteiger partial charge in [-0.05, 0) is 41.0 Å². The fourth-order valence-electron chi connectivity index (χ4n) is 1.40. The van der Waals surface area contributed by atoms with Gasteiger partial charge in [0.1, 0.15) is 0 Å². The third-order valence-electron chi connectivity index (χ3n) is 2.10. The minimum Gasteiger partial charge on any atom is -0.301 e. The fourth-order valence-corrected chi connectivity index (χ4v) is 4.24. The van der Waals surface area contributed by atoms with Crippen molar-refractivity contribution in [2.45, 2.75) is 24.0 Å². The highest BCUT2D eigenvalue weighted by Crippen LogP contribution is 2.38. The molecule has 1 aromatic heterocycles. The van der Waals surface area contributed by atoms with Crippen molar-refractivity contribution in [3.05, 3.63) is 20.8 Å². The van der Waals surface area contributed by atoms with Crippen molar-refractivity contribution in [1.29, 1.82) is 0 Å². The molecular formula is C9H12BrNS2. The van der Waals surface area contributed by atoms with Gasteiger partial charge < -0.3 is 5.32 Å². The van der Waals surface area contributed by atoms with Gasteiger partial charge in [0.05, 0.1) is 9.16 Å². The Balaban J connectivity index is 2.08. The molecule has 2 rings (SSSR count). The SMILES string of the molecule is CC1CCNC(c2ccc(Br)s2)S1. The molecule has 2 atom stereocenters. The second-order valence-electron chi connectivity index (χ2n) is 3.21. The number of nitrogens with one attached hydrogen (secondary N) is 1. The van der Waals surface area contributed by atoms with E-state index < -0.39 is 0 Å².